The van der Waals surface area contributed by atoms with Gasteiger partial charge in [0.05, 0.1) is 17.8 Å². The van der Waals surface area contributed by atoms with Crippen LogP contribution in [0.15, 0.2) is 114 Å². The minimum atomic E-state index is -1.03. The number of hydrogen-bond acceptors (Lipinski definition) is 3. The van der Waals surface area contributed by atoms with Crippen molar-refractivity contribution in [3.05, 3.63) is 136 Å². The van der Waals surface area contributed by atoms with Crippen LogP contribution < -0.4 is 10.2 Å². The lowest BCUT2D eigenvalue weighted by molar-refractivity contribution is -0.121. The van der Waals surface area contributed by atoms with Gasteiger partial charge in [-0.1, -0.05) is 107 Å². The zero-order chi connectivity index (χ0) is 24.8. The van der Waals surface area contributed by atoms with E-state index in [2.05, 4.69) is 21.2 Å². The third-order valence-electron chi connectivity index (χ3n) is 6.09. The summed E-state index contributed by atoms with van der Waals surface area (Å²) in [6, 6.07) is 32.8. The Bertz CT molecular complexity index is 1170. The van der Waals surface area contributed by atoms with Crippen molar-refractivity contribution in [3.8, 4) is 0 Å². The van der Waals surface area contributed by atoms with Gasteiger partial charge in [0.25, 0.3) is 0 Å². The van der Waals surface area contributed by atoms with E-state index < -0.39 is 29.9 Å². The van der Waals surface area contributed by atoms with Gasteiger partial charge in [-0.15, -0.1) is 0 Å². The van der Waals surface area contributed by atoms with E-state index in [0.29, 0.717) is 4.47 Å². The van der Waals surface area contributed by atoms with Crippen LogP contribution in [0.4, 0.5) is 10.1 Å². The van der Waals surface area contributed by atoms with Crippen LogP contribution in [0.5, 0.6) is 0 Å². The Morgan fingerprint density at radius 2 is 1.34 bits per heavy atom. The second-order valence-electron chi connectivity index (χ2n) is 8.22. The summed E-state index contributed by atoms with van der Waals surface area (Å²) in [7, 11) is 1.51. The summed E-state index contributed by atoms with van der Waals surface area (Å²) in [6.45, 7) is -0.479. The Kier molecular flexibility index (Phi) is 7.76. The molecule has 4 aromatic carbocycles. The van der Waals surface area contributed by atoms with Gasteiger partial charge in [0.1, 0.15) is 11.9 Å². The average Bonchev–Trinajstić information content (AvgIpc) is 2.92. The third kappa shape index (κ3) is 5.05. The molecule has 0 spiro atoms. The van der Waals surface area contributed by atoms with E-state index >= 15 is 0 Å². The number of carbonyl (C=O) groups is 1. The lowest BCUT2D eigenvalue weighted by Gasteiger charge is -2.40. The van der Waals surface area contributed by atoms with Gasteiger partial charge in [0.2, 0.25) is 5.91 Å². The van der Waals surface area contributed by atoms with Crippen molar-refractivity contribution >= 4 is 27.5 Å². The maximum absolute atomic E-state index is 14.6. The first-order valence-corrected chi connectivity index (χ1v) is 12.0. The van der Waals surface area contributed by atoms with Crippen LogP contribution in [0, 0.1) is 5.82 Å². The molecule has 6 heteroatoms. The molecule has 0 radical (unpaired) electrons. The van der Waals surface area contributed by atoms with Crippen molar-refractivity contribution in [1.29, 1.82) is 0 Å². The predicted octanol–water partition coefficient (Wildman–Crippen LogP) is 5.49. The fraction of sp³-hybridized carbons (Fsp3) is 0.138. The highest BCUT2D eigenvalue weighted by Gasteiger charge is 2.40. The monoisotopic (exact) mass is 532 g/mol. The second kappa shape index (κ2) is 11.0. The van der Waals surface area contributed by atoms with E-state index in [9.17, 15) is 14.3 Å². The number of anilines is 1. The van der Waals surface area contributed by atoms with E-state index in [4.69, 9.17) is 0 Å². The minimum Gasteiger partial charge on any atom is -0.394 e. The number of benzene rings is 4. The van der Waals surface area contributed by atoms with Crippen molar-refractivity contribution < 1.29 is 14.3 Å². The molecule has 0 heterocycles. The molecular weight excluding hydrogens is 507 g/mol. The molecule has 0 saturated heterocycles. The highest BCUT2D eigenvalue weighted by atomic mass is 79.9. The number of amides is 1. The summed E-state index contributed by atoms with van der Waals surface area (Å²) in [4.78, 5) is 14.9. The molecule has 178 valence electrons. The van der Waals surface area contributed by atoms with Gasteiger partial charge in [0, 0.05) is 11.5 Å². The third-order valence-corrected chi connectivity index (χ3v) is 6.59. The molecule has 4 rings (SSSR count). The molecule has 4 aromatic rings. The number of likely N-dealkylation sites (N-methyl/N-ethyl adjacent to an activating group) is 1. The molecule has 0 saturated carbocycles. The Balaban J connectivity index is 1.85. The lowest BCUT2D eigenvalue weighted by atomic mass is 9.76. The maximum atomic E-state index is 14.6. The maximum Gasteiger partial charge on any atom is 0.246 e. The SMILES string of the molecule is CN(C(=O)C(CO)NC(c1ccccc1)(c1ccccc1)c1ccccc1)c1cc(Br)ccc1F. The molecule has 0 aliphatic rings. The number of rotatable bonds is 8. The van der Waals surface area contributed by atoms with Crippen LogP contribution in [0.2, 0.25) is 0 Å². The largest absolute Gasteiger partial charge is 0.394 e. The number of carbonyl (C=O) groups excluding carboxylic acids is 1. The summed E-state index contributed by atoms with van der Waals surface area (Å²) in [5.41, 5.74) is 1.87. The van der Waals surface area contributed by atoms with Crippen molar-refractivity contribution in [2.24, 2.45) is 0 Å². The summed E-state index contributed by atoms with van der Waals surface area (Å²) in [5.74, 6) is -0.988. The fourth-order valence-electron chi connectivity index (χ4n) is 4.36. The number of nitrogens with zero attached hydrogens (tertiary/aromatic N) is 1. The standard InChI is InChI=1S/C29H26BrFN2O2/c1-33(27-19-24(30)17-18-25(27)31)28(35)26(20-34)32-29(21-11-5-2-6-12-21,22-13-7-3-8-14-22)23-15-9-4-10-16-23/h2-19,26,32,34H,20H2,1H3. The smallest absolute Gasteiger partial charge is 0.246 e. The van der Waals surface area contributed by atoms with E-state index in [0.717, 1.165) is 16.7 Å². The van der Waals surface area contributed by atoms with Crippen molar-refractivity contribution in [2.75, 3.05) is 18.6 Å². The topological polar surface area (TPSA) is 52.6 Å². The van der Waals surface area contributed by atoms with Gasteiger partial charge < -0.3 is 10.0 Å². The van der Waals surface area contributed by atoms with Crippen molar-refractivity contribution in [1.82, 2.24) is 5.32 Å². The van der Waals surface area contributed by atoms with Crippen LogP contribution in [-0.2, 0) is 10.3 Å². The normalized spacial score (nSPS) is 12.2. The highest BCUT2D eigenvalue weighted by molar-refractivity contribution is 9.10. The number of aliphatic hydroxyl groups is 1. The molecule has 0 fully saturated rings. The van der Waals surface area contributed by atoms with Crippen molar-refractivity contribution in [3.63, 3.8) is 0 Å². The molecule has 0 aliphatic heterocycles. The van der Waals surface area contributed by atoms with E-state index in [1.165, 1.54) is 18.0 Å². The first-order valence-electron chi connectivity index (χ1n) is 11.2. The Morgan fingerprint density at radius 3 is 1.77 bits per heavy atom. The quantitative estimate of drug-likeness (QED) is 0.295. The van der Waals surface area contributed by atoms with Gasteiger partial charge in [-0.2, -0.15) is 0 Å². The number of aliphatic hydroxyl groups excluding tert-OH is 1. The molecule has 1 unspecified atom stereocenters. The first kappa shape index (κ1) is 24.8. The van der Waals surface area contributed by atoms with Gasteiger partial charge in [-0.05, 0) is 34.9 Å². The zero-order valence-corrected chi connectivity index (χ0v) is 20.8. The summed E-state index contributed by atoms with van der Waals surface area (Å²) in [6.07, 6.45) is 0. The van der Waals surface area contributed by atoms with Crippen molar-refractivity contribution in [2.45, 2.75) is 11.6 Å². The average molecular weight is 533 g/mol. The molecule has 1 atom stereocenters. The van der Waals surface area contributed by atoms with E-state index in [1.54, 1.807) is 12.1 Å². The molecule has 4 nitrogen and oxygen atoms in total. The summed E-state index contributed by atoms with van der Waals surface area (Å²) in [5, 5.41) is 13.9. The molecule has 0 aromatic heterocycles. The van der Waals surface area contributed by atoms with Gasteiger partial charge >= 0.3 is 0 Å². The molecule has 2 N–H and O–H groups in total. The molecule has 35 heavy (non-hydrogen) atoms. The van der Waals surface area contributed by atoms with E-state index in [-0.39, 0.29) is 5.69 Å². The highest BCUT2D eigenvalue weighted by Crippen LogP contribution is 2.37. The molecular formula is C29H26BrFN2O2. The number of nitrogens with one attached hydrogen (secondary N) is 1. The molecule has 0 bridgehead atoms. The Labute approximate surface area is 213 Å². The Hall–Kier alpha value is -3.32. The lowest BCUT2D eigenvalue weighted by Crippen LogP contribution is -2.57. The molecule has 0 aliphatic carbocycles. The summed E-state index contributed by atoms with van der Waals surface area (Å²) >= 11 is 3.34. The van der Waals surface area contributed by atoms with Crippen LogP contribution in [0.3, 0.4) is 0 Å². The number of hydrogen-bond donors (Lipinski definition) is 2. The van der Waals surface area contributed by atoms with Gasteiger partial charge in [0.15, 0.2) is 0 Å². The van der Waals surface area contributed by atoms with Gasteiger partial charge in [-0.3, -0.25) is 10.1 Å². The summed E-state index contributed by atoms with van der Waals surface area (Å²) < 4.78 is 15.2. The predicted molar refractivity (Wildman–Crippen MR) is 141 cm³/mol. The second-order valence-corrected chi connectivity index (χ2v) is 9.14. The zero-order valence-electron chi connectivity index (χ0n) is 19.2. The first-order chi connectivity index (χ1) is 17.0. The van der Waals surface area contributed by atoms with Crippen LogP contribution in [0.25, 0.3) is 0 Å². The number of halogens is 2. The fourth-order valence-corrected chi connectivity index (χ4v) is 4.71. The van der Waals surface area contributed by atoms with Crippen LogP contribution in [0.1, 0.15) is 16.7 Å². The van der Waals surface area contributed by atoms with E-state index in [1.807, 2.05) is 91.0 Å². The molecule has 1 amide bonds. The minimum absolute atomic E-state index is 0.120. The van der Waals surface area contributed by atoms with Crippen LogP contribution in [-0.4, -0.2) is 30.7 Å². The van der Waals surface area contributed by atoms with Gasteiger partial charge in [-0.25, -0.2) is 4.39 Å². The van der Waals surface area contributed by atoms with Crippen LogP contribution >= 0.6 is 15.9 Å². The Morgan fingerprint density at radius 1 is 0.886 bits per heavy atom.